The van der Waals surface area contributed by atoms with Gasteiger partial charge in [-0.1, -0.05) is 9.15 Å². The Bertz CT molecular complexity index is 1230. The highest BCUT2D eigenvalue weighted by molar-refractivity contribution is 7.85. The van der Waals surface area contributed by atoms with Crippen molar-refractivity contribution >= 4 is 22.5 Å². The molecule has 1 atom stereocenters. The van der Waals surface area contributed by atoms with E-state index in [2.05, 4.69) is 0 Å². The van der Waals surface area contributed by atoms with Gasteiger partial charge in [-0.2, -0.15) is 0 Å². The summed E-state index contributed by atoms with van der Waals surface area (Å²) in [7, 11) is -4.74. The molecule has 0 bridgehead atoms. The molecule has 0 aliphatic carbocycles. The number of benzene rings is 2. The van der Waals surface area contributed by atoms with Gasteiger partial charge in [0.05, 0.1) is 16.0 Å². The molecule has 0 amide bonds. The molecule has 2 aromatic rings. The number of aryl methyl sites for hydroxylation is 1. The lowest BCUT2D eigenvalue weighted by molar-refractivity contribution is -0.855. The fourth-order valence-corrected chi connectivity index (χ4v) is 4.29. The minimum atomic E-state index is -4.74. The zero-order valence-electron chi connectivity index (χ0n) is 14.6. The van der Waals surface area contributed by atoms with Gasteiger partial charge >= 0.3 is 6.03 Å². The predicted molar refractivity (Wildman–Crippen MR) is 93.5 cm³/mol. The van der Waals surface area contributed by atoms with E-state index in [1.54, 1.807) is 27.6 Å². The first kappa shape index (κ1) is 17.0. The van der Waals surface area contributed by atoms with Gasteiger partial charge in [-0.3, -0.25) is 0 Å². The van der Waals surface area contributed by atoms with Crippen molar-refractivity contribution in [2.24, 2.45) is 0 Å². The summed E-state index contributed by atoms with van der Waals surface area (Å²) in [4.78, 5) is -0.551. The molecule has 0 radical (unpaired) electrons. The summed E-state index contributed by atoms with van der Waals surface area (Å²) in [6.07, 6.45) is 3.37. The Morgan fingerprint density at radius 1 is 0.964 bits per heavy atom. The van der Waals surface area contributed by atoms with E-state index in [1.165, 1.54) is 0 Å². The molecule has 2 aromatic carbocycles. The number of hydrogen-bond acceptors (Lipinski definition) is 7. The van der Waals surface area contributed by atoms with Crippen molar-refractivity contribution in [3.8, 4) is 23.0 Å². The molecule has 9 nitrogen and oxygen atoms in total. The highest BCUT2D eigenvalue weighted by Gasteiger charge is 2.69. The van der Waals surface area contributed by atoms with Crippen LogP contribution in [-0.2, 0) is 10.1 Å². The molecule has 10 heteroatoms. The number of ether oxygens (including phenoxy) is 2. The van der Waals surface area contributed by atoms with Crippen LogP contribution >= 0.6 is 0 Å². The largest absolute Gasteiger partial charge is 0.744 e. The van der Waals surface area contributed by atoms with Crippen LogP contribution in [0.4, 0.5) is 0 Å². The van der Waals surface area contributed by atoms with Crippen molar-refractivity contribution < 1.29 is 41.8 Å². The standard InChI is InChI=1S/C18H14N2O7S/c1-10-4-11-8-19-2-3-20-9-12-6-13(28(23,24)25)7-15(22)17(12)27-18(19,20)26-16(11)14(21)5-10/h4-9H,2-3H2,1H3,(H-2,21,22,23,24,25)/p+1. The molecular formula is C18H15N2O7S+. The van der Waals surface area contributed by atoms with Crippen molar-refractivity contribution in [3.63, 3.8) is 0 Å². The second-order valence-corrected chi connectivity index (χ2v) is 8.29. The zero-order valence-corrected chi connectivity index (χ0v) is 15.4. The predicted octanol–water partition coefficient (Wildman–Crippen LogP) is 0.283. The van der Waals surface area contributed by atoms with Crippen LogP contribution in [-0.4, -0.2) is 63.9 Å². The Hall–Kier alpha value is -3.11. The van der Waals surface area contributed by atoms with Crippen LogP contribution in [0, 0.1) is 6.92 Å². The van der Waals surface area contributed by atoms with Crippen molar-refractivity contribution in [2.45, 2.75) is 17.9 Å². The van der Waals surface area contributed by atoms with Gasteiger partial charge in [-0.25, -0.2) is 8.42 Å². The van der Waals surface area contributed by atoms with Crippen LogP contribution in [0.5, 0.6) is 23.0 Å². The molecule has 1 fully saturated rings. The Balaban J connectivity index is 1.69. The van der Waals surface area contributed by atoms with Crippen molar-refractivity contribution in [1.82, 2.24) is 0 Å². The molecule has 0 saturated carbocycles. The first-order valence-corrected chi connectivity index (χ1v) is 9.86. The van der Waals surface area contributed by atoms with E-state index in [-0.39, 0.29) is 22.8 Å². The maximum atomic E-state index is 11.3. The fraction of sp³-hybridized carbons (Fsp3) is 0.222. The Kier molecular flexibility index (Phi) is 3.18. The number of nitrogens with zero attached hydrogens (tertiary/aromatic N) is 2. The third-order valence-corrected chi connectivity index (χ3v) is 5.78. The molecule has 3 aliphatic heterocycles. The second kappa shape index (κ2) is 5.24. The minimum Gasteiger partial charge on any atom is -0.744 e. The Morgan fingerprint density at radius 3 is 2.07 bits per heavy atom. The van der Waals surface area contributed by atoms with Gasteiger partial charge in [0.2, 0.25) is 13.1 Å². The van der Waals surface area contributed by atoms with E-state index < -0.39 is 26.8 Å². The maximum Gasteiger partial charge on any atom is 0.704 e. The summed E-state index contributed by atoms with van der Waals surface area (Å²) in [5, 5.41) is 20.6. The lowest BCUT2D eigenvalue weighted by Crippen LogP contribution is -2.59. The topological polar surface area (TPSA) is 122 Å². The molecule has 0 aromatic heterocycles. The lowest BCUT2D eigenvalue weighted by atomic mass is 10.1. The third-order valence-electron chi connectivity index (χ3n) is 4.97. The molecule has 1 saturated heterocycles. The van der Waals surface area contributed by atoms with Crippen molar-refractivity contribution in [1.29, 1.82) is 0 Å². The highest BCUT2D eigenvalue weighted by Crippen LogP contribution is 2.44. The van der Waals surface area contributed by atoms with E-state index in [9.17, 15) is 23.2 Å². The van der Waals surface area contributed by atoms with Gasteiger partial charge < -0.3 is 24.2 Å². The van der Waals surface area contributed by atoms with Crippen LogP contribution in [0.2, 0.25) is 0 Å². The first-order chi connectivity index (χ1) is 13.2. The molecule has 28 heavy (non-hydrogen) atoms. The normalized spacial score (nSPS) is 21.9. The van der Waals surface area contributed by atoms with Gasteiger partial charge in [-0.15, -0.1) is 0 Å². The zero-order chi connectivity index (χ0) is 19.8. The van der Waals surface area contributed by atoms with Crippen LogP contribution in [0.25, 0.3) is 0 Å². The van der Waals surface area contributed by atoms with Gasteiger partial charge in [-0.05, 0) is 30.7 Å². The molecule has 5 rings (SSSR count). The van der Waals surface area contributed by atoms with Crippen LogP contribution < -0.4 is 9.47 Å². The Labute approximate surface area is 159 Å². The van der Waals surface area contributed by atoms with E-state index >= 15 is 0 Å². The van der Waals surface area contributed by atoms with Gasteiger partial charge in [0.1, 0.15) is 10.1 Å². The minimum absolute atomic E-state index is 0.0148. The highest BCUT2D eigenvalue weighted by atomic mass is 32.2. The number of phenolic OH excluding ortho intramolecular Hbond substituents is 2. The average molecular weight is 403 g/mol. The molecule has 1 unspecified atom stereocenters. The van der Waals surface area contributed by atoms with Crippen LogP contribution in [0.15, 0.2) is 29.2 Å². The summed E-state index contributed by atoms with van der Waals surface area (Å²) in [6.45, 7) is 2.85. The number of fused-ring (bicyclic) bond motifs is 2. The average Bonchev–Trinajstić information content (AvgIpc) is 2.95. The smallest absolute Gasteiger partial charge is 0.704 e. The molecule has 144 valence electrons. The molecule has 2 N–H and O–H groups in total. The van der Waals surface area contributed by atoms with E-state index in [0.29, 0.717) is 18.7 Å². The van der Waals surface area contributed by atoms with Crippen LogP contribution in [0.1, 0.15) is 16.7 Å². The molecule has 3 heterocycles. The van der Waals surface area contributed by atoms with Crippen molar-refractivity contribution in [2.75, 3.05) is 13.1 Å². The van der Waals surface area contributed by atoms with Gasteiger partial charge in [0.25, 0.3) is 0 Å². The molecule has 3 aliphatic rings. The van der Waals surface area contributed by atoms with E-state index in [4.69, 9.17) is 9.47 Å². The molecular weight excluding hydrogens is 388 g/mol. The summed E-state index contributed by atoms with van der Waals surface area (Å²) in [5.74, 6) is -0.312. The van der Waals surface area contributed by atoms with Gasteiger partial charge in [0, 0.05) is 6.07 Å². The summed E-state index contributed by atoms with van der Waals surface area (Å²) in [5.41, 5.74) is 1.80. The third kappa shape index (κ3) is 2.25. The quantitative estimate of drug-likeness (QED) is 0.518. The SMILES string of the molecule is Cc1cc(O)c2c(c1)C=[N+]1CC[N+]3=Cc4cc(S(=O)(=O)[O-])cc(O)c4OC13O2. The number of phenols is 2. The fourth-order valence-electron chi connectivity index (χ4n) is 3.76. The maximum absolute atomic E-state index is 11.3. The lowest BCUT2D eigenvalue weighted by Gasteiger charge is -2.27. The number of rotatable bonds is 1. The summed E-state index contributed by atoms with van der Waals surface area (Å²) >= 11 is 0. The summed E-state index contributed by atoms with van der Waals surface area (Å²) < 4.78 is 49.5. The van der Waals surface area contributed by atoms with Crippen LogP contribution in [0.3, 0.4) is 0 Å². The van der Waals surface area contributed by atoms with E-state index in [1.807, 2.05) is 13.0 Å². The number of hydrogen-bond donors (Lipinski definition) is 2. The van der Waals surface area contributed by atoms with E-state index in [0.717, 1.165) is 17.7 Å². The molecule has 1 spiro atoms. The number of aromatic hydroxyl groups is 2. The van der Waals surface area contributed by atoms with Crippen molar-refractivity contribution in [3.05, 3.63) is 41.0 Å². The second-order valence-electron chi connectivity index (χ2n) is 6.91. The summed E-state index contributed by atoms with van der Waals surface area (Å²) in [6, 6.07) is 3.97. The monoisotopic (exact) mass is 403 g/mol. The first-order valence-electron chi connectivity index (χ1n) is 8.45. The van der Waals surface area contributed by atoms with Gasteiger partial charge in [0.15, 0.2) is 35.4 Å². The Morgan fingerprint density at radius 2 is 1.50 bits per heavy atom.